The summed E-state index contributed by atoms with van der Waals surface area (Å²) in [7, 11) is 0. The number of pyridine rings is 4. The molecule has 4 heterocycles. The second-order valence-electron chi connectivity index (χ2n) is 13.8. The third-order valence-corrected chi connectivity index (χ3v) is 9.62. The SMILES string of the molecule is CCCC(C)(C)c1ccc(N(c2ccc(-c3ccc(N(c4ccccn4)c4ccc(C(C)(C)CC)cn4)cc3)cc2)c2ccccn2)nc1. The number of benzene rings is 2. The molecule has 49 heavy (non-hydrogen) atoms. The smallest absolute Gasteiger partial charge is 0.138 e. The predicted molar refractivity (Wildman–Crippen MR) is 204 cm³/mol. The molecule has 6 aromatic rings. The summed E-state index contributed by atoms with van der Waals surface area (Å²) in [6.07, 6.45) is 10.9. The third kappa shape index (κ3) is 7.39. The molecule has 6 nitrogen and oxygen atoms in total. The van der Waals surface area contributed by atoms with Gasteiger partial charge in [-0.25, -0.2) is 19.9 Å². The van der Waals surface area contributed by atoms with Crippen LogP contribution in [0.25, 0.3) is 11.1 Å². The molecule has 0 N–H and O–H groups in total. The lowest BCUT2D eigenvalue weighted by Crippen LogP contribution is -2.18. The van der Waals surface area contributed by atoms with E-state index in [-0.39, 0.29) is 10.8 Å². The molecule has 0 aliphatic heterocycles. The van der Waals surface area contributed by atoms with E-state index in [1.165, 1.54) is 11.1 Å². The Morgan fingerprint density at radius 2 is 0.898 bits per heavy atom. The van der Waals surface area contributed by atoms with Gasteiger partial charge in [0.2, 0.25) is 0 Å². The monoisotopic (exact) mass is 646 g/mol. The fourth-order valence-electron chi connectivity index (χ4n) is 6.15. The van der Waals surface area contributed by atoms with E-state index in [4.69, 9.17) is 9.97 Å². The highest BCUT2D eigenvalue weighted by Gasteiger charge is 2.23. The minimum absolute atomic E-state index is 0.0692. The van der Waals surface area contributed by atoms with Crippen LogP contribution in [0.3, 0.4) is 0 Å². The lowest BCUT2D eigenvalue weighted by molar-refractivity contribution is 0.471. The van der Waals surface area contributed by atoms with Crippen molar-refractivity contribution in [3.63, 3.8) is 0 Å². The van der Waals surface area contributed by atoms with Crippen LogP contribution in [0.15, 0.2) is 134 Å². The zero-order valence-electron chi connectivity index (χ0n) is 29.5. The lowest BCUT2D eigenvalue weighted by Gasteiger charge is -2.27. The minimum Gasteiger partial charge on any atom is -0.279 e. The number of hydrogen-bond donors (Lipinski definition) is 0. The van der Waals surface area contributed by atoms with Gasteiger partial charge >= 0.3 is 0 Å². The molecule has 0 saturated heterocycles. The normalized spacial score (nSPS) is 11.7. The van der Waals surface area contributed by atoms with Crippen molar-refractivity contribution >= 4 is 34.6 Å². The van der Waals surface area contributed by atoms with Crippen molar-refractivity contribution < 1.29 is 0 Å². The molecular weight excluding hydrogens is 601 g/mol. The minimum atomic E-state index is 0.0692. The summed E-state index contributed by atoms with van der Waals surface area (Å²) < 4.78 is 0. The Kier molecular flexibility index (Phi) is 9.86. The van der Waals surface area contributed by atoms with Crippen molar-refractivity contribution in [3.05, 3.63) is 145 Å². The molecule has 0 aliphatic rings. The molecule has 0 atom stereocenters. The Balaban J connectivity index is 1.29. The average Bonchev–Trinajstić information content (AvgIpc) is 3.14. The first kappa shape index (κ1) is 33.5. The van der Waals surface area contributed by atoms with Gasteiger partial charge in [0, 0.05) is 36.2 Å². The second kappa shape index (κ2) is 14.4. The van der Waals surface area contributed by atoms with Gasteiger partial charge in [-0.3, -0.25) is 9.80 Å². The van der Waals surface area contributed by atoms with Gasteiger partial charge in [0.25, 0.3) is 0 Å². The molecule has 4 aromatic heterocycles. The van der Waals surface area contributed by atoms with Gasteiger partial charge in [0.1, 0.15) is 23.3 Å². The van der Waals surface area contributed by atoms with Crippen molar-refractivity contribution in [1.82, 2.24) is 19.9 Å². The van der Waals surface area contributed by atoms with Crippen molar-refractivity contribution in [3.8, 4) is 11.1 Å². The molecule has 0 saturated carbocycles. The molecule has 0 spiro atoms. The number of nitrogens with zero attached hydrogens (tertiary/aromatic N) is 6. The second-order valence-corrected chi connectivity index (χ2v) is 13.8. The van der Waals surface area contributed by atoms with Gasteiger partial charge in [-0.1, -0.05) is 96.5 Å². The van der Waals surface area contributed by atoms with E-state index in [9.17, 15) is 0 Å². The van der Waals surface area contributed by atoms with E-state index in [1.54, 1.807) is 0 Å². The largest absolute Gasteiger partial charge is 0.279 e. The van der Waals surface area contributed by atoms with Gasteiger partial charge < -0.3 is 0 Å². The standard InChI is InChI=1S/C43H46N6/c1-7-27-43(5,6)35-20-26-41(47-31-35)49(39-14-10-12-29-45-39)37-23-17-33(18-24-37)32-15-21-36(22-16-32)48(38-13-9-11-28-44-38)40-25-19-34(30-46-40)42(3,4)8-2/h9-26,28-31H,7-8,27H2,1-6H3. The van der Waals surface area contributed by atoms with Crippen molar-refractivity contribution in [1.29, 1.82) is 0 Å². The van der Waals surface area contributed by atoms with Crippen LogP contribution in [0.4, 0.5) is 34.6 Å². The molecule has 0 bridgehead atoms. The lowest BCUT2D eigenvalue weighted by atomic mass is 9.82. The Morgan fingerprint density at radius 1 is 0.469 bits per heavy atom. The van der Waals surface area contributed by atoms with E-state index in [2.05, 4.69) is 134 Å². The first-order valence-corrected chi connectivity index (χ1v) is 17.3. The summed E-state index contributed by atoms with van der Waals surface area (Å²) in [4.78, 5) is 23.4. The highest BCUT2D eigenvalue weighted by Crippen LogP contribution is 2.37. The molecule has 248 valence electrons. The van der Waals surface area contributed by atoms with E-state index < -0.39 is 0 Å². The van der Waals surface area contributed by atoms with E-state index in [0.717, 1.165) is 65.0 Å². The van der Waals surface area contributed by atoms with Gasteiger partial charge in [-0.05, 0) is 107 Å². The highest BCUT2D eigenvalue weighted by atomic mass is 15.2. The fraction of sp³-hybridized carbons (Fsp3) is 0.256. The zero-order chi connectivity index (χ0) is 34.4. The van der Waals surface area contributed by atoms with Crippen LogP contribution in [0.1, 0.15) is 71.9 Å². The summed E-state index contributed by atoms with van der Waals surface area (Å²) in [5, 5.41) is 0. The first-order valence-electron chi connectivity index (χ1n) is 17.3. The molecule has 0 radical (unpaired) electrons. The molecular formula is C43H46N6. The maximum Gasteiger partial charge on any atom is 0.138 e. The van der Waals surface area contributed by atoms with Crippen molar-refractivity contribution in [2.24, 2.45) is 0 Å². The van der Waals surface area contributed by atoms with E-state index >= 15 is 0 Å². The zero-order valence-corrected chi connectivity index (χ0v) is 29.5. The highest BCUT2D eigenvalue weighted by molar-refractivity contribution is 5.77. The Hall–Kier alpha value is -5.36. The average molecular weight is 647 g/mol. The topological polar surface area (TPSA) is 58.0 Å². The number of anilines is 6. The molecule has 6 heteroatoms. The predicted octanol–water partition coefficient (Wildman–Crippen LogP) is 11.6. The number of hydrogen-bond acceptors (Lipinski definition) is 6. The first-order chi connectivity index (χ1) is 23.7. The van der Waals surface area contributed by atoms with Crippen LogP contribution in [0, 0.1) is 0 Å². The summed E-state index contributed by atoms with van der Waals surface area (Å²) in [5.74, 6) is 3.31. The van der Waals surface area contributed by atoms with Gasteiger partial charge in [-0.15, -0.1) is 0 Å². The molecule has 0 unspecified atom stereocenters. The molecule has 0 amide bonds. The number of rotatable bonds is 12. The summed E-state index contributed by atoms with van der Waals surface area (Å²) in [6.45, 7) is 13.5. The van der Waals surface area contributed by atoms with Crippen LogP contribution < -0.4 is 9.80 Å². The molecule has 6 rings (SSSR count). The van der Waals surface area contributed by atoms with Gasteiger partial charge in [-0.2, -0.15) is 0 Å². The van der Waals surface area contributed by atoms with E-state index in [1.807, 2.05) is 61.2 Å². The molecule has 0 fully saturated rings. The summed E-state index contributed by atoms with van der Waals surface area (Å²) >= 11 is 0. The van der Waals surface area contributed by atoms with Crippen LogP contribution in [0.2, 0.25) is 0 Å². The maximum absolute atomic E-state index is 4.93. The Bertz CT molecular complexity index is 1920. The fourth-order valence-corrected chi connectivity index (χ4v) is 6.15. The van der Waals surface area contributed by atoms with Crippen LogP contribution in [-0.2, 0) is 10.8 Å². The van der Waals surface area contributed by atoms with Gasteiger partial charge in [0.05, 0.1) is 0 Å². The molecule has 2 aromatic carbocycles. The van der Waals surface area contributed by atoms with Crippen LogP contribution >= 0.6 is 0 Å². The Labute approximate surface area is 291 Å². The van der Waals surface area contributed by atoms with Crippen LogP contribution in [0.5, 0.6) is 0 Å². The Morgan fingerprint density at radius 3 is 1.24 bits per heavy atom. The van der Waals surface area contributed by atoms with E-state index in [0.29, 0.717) is 0 Å². The van der Waals surface area contributed by atoms with Crippen molar-refractivity contribution in [2.45, 2.75) is 71.6 Å². The number of aromatic nitrogens is 4. The molecule has 0 aliphatic carbocycles. The summed E-state index contributed by atoms with van der Waals surface area (Å²) in [5.41, 5.74) is 6.84. The quantitative estimate of drug-likeness (QED) is 0.132. The third-order valence-electron chi connectivity index (χ3n) is 9.62. The van der Waals surface area contributed by atoms with Gasteiger partial charge in [0.15, 0.2) is 0 Å². The summed E-state index contributed by atoms with van der Waals surface area (Å²) in [6, 6.07) is 37.7. The van der Waals surface area contributed by atoms with Crippen LogP contribution in [-0.4, -0.2) is 19.9 Å². The van der Waals surface area contributed by atoms with Crippen molar-refractivity contribution in [2.75, 3.05) is 9.80 Å². The maximum atomic E-state index is 4.93.